The molecule has 0 unspecified atom stereocenters. The van der Waals surface area contributed by atoms with E-state index in [4.69, 9.17) is 4.74 Å². The highest BCUT2D eigenvalue weighted by atomic mass is 16.5. The summed E-state index contributed by atoms with van der Waals surface area (Å²) < 4.78 is 8.75. The summed E-state index contributed by atoms with van der Waals surface area (Å²) in [5.74, 6) is 1.43. The Kier molecular flexibility index (Phi) is 5.70. The smallest absolute Gasteiger partial charge is 0.320 e. The van der Waals surface area contributed by atoms with Crippen LogP contribution in [0.25, 0.3) is 11.1 Å². The number of nitrogens with one attached hydrogen (secondary N) is 2. The van der Waals surface area contributed by atoms with Crippen molar-refractivity contribution in [3.63, 3.8) is 0 Å². The lowest BCUT2D eigenvalue weighted by Crippen LogP contribution is -2.31. The molecule has 0 aliphatic carbocycles. The number of carbonyl (C=O) groups is 1. The molecule has 2 amide bonds. The van der Waals surface area contributed by atoms with Crippen molar-refractivity contribution in [3.05, 3.63) is 42.6 Å². The topological polar surface area (TPSA) is 98.9 Å². The minimum absolute atomic E-state index is 0.267. The summed E-state index contributed by atoms with van der Waals surface area (Å²) in [4.78, 5) is 12.3. The van der Waals surface area contributed by atoms with Crippen LogP contribution < -0.4 is 15.4 Å². The van der Waals surface area contributed by atoms with E-state index in [9.17, 15) is 4.79 Å². The fourth-order valence-electron chi connectivity index (χ4n) is 2.86. The van der Waals surface area contributed by atoms with Gasteiger partial charge in [0.15, 0.2) is 0 Å². The predicted molar refractivity (Wildman–Crippen MR) is 102 cm³/mol. The Hall–Kier alpha value is -3.36. The second-order valence-corrected chi connectivity index (χ2v) is 6.10. The molecule has 9 heteroatoms. The van der Waals surface area contributed by atoms with Crippen LogP contribution in [0, 0.1) is 6.92 Å². The maximum absolute atomic E-state index is 12.3. The number of methoxy groups -OCH3 is 1. The van der Waals surface area contributed by atoms with Crippen molar-refractivity contribution in [3.8, 4) is 16.9 Å². The first-order chi connectivity index (χ1) is 13.1. The normalized spacial score (nSPS) is 10.6. The lowest BCUT2D eigenvalue weighted by Gasteiger charge is -2.11. The van der Waals surface area contributed by atoms with Gasteiger partial charge in [0, 0.05) is 25.7 Å². The maximum atomic E-state index is 12.3. The first kappa shape index (κ1) is 18.4. The van der Waals surface area contributed by atoms with Crippen molar-refractivity contribution in [2.24, 2.45) is 7.05 Å². The zero-order valence-corrected chi connectivity index (χ0v) is 15.6. The van der Waals surface area contributed by atoms with Crippen molar-refractivity contribution >= 4 is 11.8 Å². The summed E-state index contributed by atoms with van der Waals surface area (Å²) >= 11 is 0. The van der Waals surface area contributed by atoms with Crippen LogP contribution in [0.2, 0.25) is 0 Å². The quantitative estimate of drug-likeness (QED) is 0.622. The Morgan fingerprint density at radius 1 is 1.19 bits per heavy atom. The Labute approximate surface area is 157 Å². The molecule has 0 radical (unpaired) electrons. The highest BCUT2D eigenvalue weighted by Crippen LogP contribution is 2.32. The average molecular weight is 369 g/mol. The number of urea groups is 1. The number of rotatable bonds is 7. The molecule has 27 heavy (non-hydrogen) atoms. The molecule has 142 valence electrons. The molecule has 2 aromatic heterocycles. The summed E-state index contributed by atoms with van der Waals surface area (Å²) in [7, 11) is 3.44. The highest BCUT2D eigenvalue weighted by molar-refractivity contribution is 5.93. The molecule has 0 fully saturated rings. The summed E-state index contributed by atoms with van der Waals surface area (Å²) in [6, 6.07) is 7.40. The average Bonchev–Trinajstić information content (AvgIpc) is 3.27. The molecule has 2 N–H and O–H groups in total. The third-order valence-corrected chi connectivity index (χ3v) is 4.18. The predicted octanol–water partition coefficient (Wildman–Crippen LogP) is 2.21. The monoisotopic (exact) mass is 369 g/mol. The van der Waals surface area contributed by atoms with Gasteiger partial charge in [-0.1, -0.05) is 12.1 Å². The third kappa shape index (κ3) is 4.43. The molecule has 3 rings (SSSR count). The number of hydrogen-bond donors (Lipinski definition) is 2. The van der Waals surface area contributed by atoms with Gasteiger partial charge in [-0.05, 0) is 31.0 Å². The molecular formula is C18H23N7O2. The zero-order valence-electron chi connectivity index (χ0n) is 15.6. The largest absolute Gasteiger partial charge is 0.497 e. The van der Waals surface area contributed by atoms with Crippen molar-refractivity contribution in [1.29, 1.82) is 0 Å². The molecule has 0 saturated heterocycles. The van der Waals surface area contributed by atoms with E-state index >= 15 is 0 Å². The molecule has 0 spiro atoms. The van der Waals surface area contributed by atoms with Crippen LogP contribution in [-0.4, -0.2) is 44.2 Å². The zero-order chi connectivity index (χ0) is 19.2. The van der Waals surface area contributed by atoms with E-state index in [0.717, 1.165) is 35.5 Å². The molecule has 0 aliphatic heterocycles. The van der Waals surface area contributed by atoms with E-state index in [1.54, 1.807) is 24.4 Å². The second-order valence-electron chi connectivity index (χ2n) is 6.10. The number of amides is 2. The first-order valence-corrected chi connectivity index (χ1v) is 8.63. The fourth-order valence-corrected chi connectivity index (χ4v) is 2.86. The number of aryl methyl sites for hydroxylation is 3. The molecule has 9 nitrogen and oxygen atoms in total. The summed E-state index contributed by atoms with van der Waals surface area (Å²) in [6.07, 6.45) is 4.08. The van der Waals surface area contributed by atoms with Gasteiger partial charge in [-0.15, -0.1) is 10.2 Å². The molecule has 0 atom stereocenters. The van der Waals surface area contributed by atoms with Gasteiger partial charge in [-0.3, -0.25) is 10.00 Å². The van der Waals surface area contributed by atoms with Crippen LogP contribution in [0.3, 0.4) is 0 Å². The van der Waals surface area contributed by atoms with Gasteiger partial charge < -0.3 is 14.6 Å². The standard InChI is InChI=1S/C18H23N7O2/c1-13-16(14-5-7-15(27-3)8-6-14)17(24(2)23-13)22-18(26)19-9-4-10-25-11-20-21-12-25/h5-8,11-12H,4,9-10H2,1-3H3,(H2,19,22,26). The number of benzene rings is 1. The minimum atomic E-state index is -0.267. The second kappa shape index (κ2) is 8.35. The minimum Gasteiger partial charge on any atom is -0.497 e. The molecule has 0 bridgehead atoms. The van der Waals surface area contributed by atoms with Gasteiger partial charge in [-0.2, -0.15) is 5.10 Å². The van der Waals surface area contributed by atoms with Crippen LogP contribution in [0.5, 0.6) is 5.75 Å². The van der Waals surface area contributed by atoms with Crippen LogP contribution >= 0.6 is 0 Å². The van der Waals surface area contributed by atoms with Crippen LogP contribution in [-0.2, 0) is 13.6 Å². The summed E-state index contributed by atoms with van der Waals surface area (Å²) in [5, 5.41) is 17.7. The van der Waals surface area contributed by atoms with E-state index in [0.29, 0.717) is 12.4 Å². The van der Waals surface area contributed by atoms with E-state index in [-0.39, 0.29) is 6.03 Å². The summed E-state index contributed by atoms with van der Waals surface area (Å²) in [6.45, 7) is 3.20. The Bertz CT molecular complexity index is 885. The van der Waals surface area contributed by atoms with E-state index in [2.05, 4.69) is 25.9 Å². The number of carbonyl (C=O) groups excluding carboxylic acids is 1. The highest BCUT2D eigenvalue weighted by Gasteiger charge is 2.17. The number of nitrogens with zero attached hydrogens (tertiary/aromatic N) is 5. The van der Waals surface area contributed by atoms with Crippen LogP contribution in [0.4, 0.5) is 10.6 Å². The Morgan fingerprint density at radius 2 is 1.89 bits per heavy atom. The fraction of sp³-hybridized carbons (Fsp3) is 0.333. The molecule has 1 aromatic carbocycles. The van der Waals surface area contributed by atoms with Gasteiger partial charge in [0.2, 0.25) is 0 Å². The van der Waals surface area contributed by atoms with E-state index in [1.165, 1.54) is 0 Å². The number of aromatic nitrogens is 5. The van der Waals surface area contributed by atoms with E-state index in [1.807, 2.05) is 42.8 Å². The Balaban J connectivity index is 1.64. The van der Waals surface area contributed by atoms with Gasteiger partial charge in [0.25, 0.3) is 0 Å². The van der Waals surface area contributed by atoms with Crippen molar-refractivity contribution in [2.75, 3.05) is 19.0 Å². The van der Waals surface area contributed by atoms with Crippen LogP contribution in [0.1, 0.15) is 12.1 Å². The maximum Gasteiger partial charge on any atom is 0.320 e. The molecule has 2 heterocycles. The van der Waals surface area contributed by atoms with Gasteiger partial charge >= 0.3 is 6.03 Å². The lowest BCUT2D eigenvalue weighted by atomic mass is 10.1. The van der Waals surface area contributed by atoms with Gasteiger partial charge in [-0.25, -0.2) is 4.79 Å². The first-order valence-electron chi connectivity index (χ1n) is 8.63. The number of hydrogen-bond acceptors (Lipinski definition) is 5. The SMILES string of the molecule is COc1ccc(-c2c(C)nn(C)c2NC(=O)NCCCn2cnnc2)cc1. The van der Waals surface area contributed by atoms with Gasteiger partial charge in [0.05, 0.1) is 12.8 Å². The summed E-state index contributed by atoms with van der Waals surface area (Å²) in [5.41, 5.74) is 2.69. The molecule has 0 aliphatic rings. The van der Waals surface area contributed by atoms with Crippen molar-refractivity contribution < 1.29 is 9.53 Å². The molecular weight excluding hydrogens is 346 g/mol. The van der Waals surface area contributed by atoms with E-state index < -0.39 is 0 Å². The van der Waals surface area contributed by atoms with Crippen LogP contribution in [0.15, 0.2) is 36.9 Å². The third-order valence-electron chi connectivity index (χ3n) is 4.18. The van der Waals surface area contributed by atoms with Crippen molar-refractivity contribution in [2.45, 2.75) is 19.9 Å². The van der Waals surface area contributed by atoms with Crippen molar-refractivity contribution in [1.82, 2.24) is 29.9 Å². The Morgan fingerprint density at radius 3 is 2.56 bits per heavy atom. The molecule has 3 aromatic rings. The lowest BCUT2D eigenvalue weighted by molar-refractivity contribution is 0.251. The van der Waals surface area contributed by atoms with Gasteiger partial charge in [0.1, 0.15) is 24.2 Å². The molecule has 0 saturated carbocycles. The number of ether oxygens (including phenoxy) is 1. The number of anilines is 1.